The Balaban J connectivity index is 0.00000200. The summed E-state index contributed by atoms with van der Waals surface area (Å²) in [5, 5.41) is 3.03. The predicted octanol–water partition coefficient (Wildman–Crippen LogP) is 2.19. The van der Waals surface area contributed by atoms with Gasteiger partial charge >= 0.3 is 0 Å². The SMILES string of the molecule is CNCCN(C)C(=O)c1ccc(OCC2CC2)cc1.Cl. The topological polar surface area (TPSA) is 41.6 Å². The number of halogens is 1. The Bertz CT molecular complexity index is 418. The van der Waals surface area contributed by atoms with E-state index in [9.17, 15) is 4.79 Å². The third-order valence-corrected chi connectivity index (χ3v) is 3.33. The van der Waals surface area contributed by atoms with Gasteiger partial charge in [-0.2, -0.15) is 0 Å². The first-order valence-electron chi connectivity index (χ1n) is 6.83. The fourth-order valence-electron chi connectivity index (χ4n) is 1.79. The van der Waals surface area contributed by atoms with E-state index in [4.69, 9.17) is 4.74 Å². The van der Waals surface area contributed by atoms with E-state index in [0.717, 1.165) is 24.8 Å². The van der Waals surface area contributed by atoms with Crippen LogP contribution in [-0.4, -0.2) is 44.6 Å². The molecule has 0 unspecified atom stereocenters. The van der Waals surface area contributed by atoms with Crippen LogP contribution >= 0.6 is 12.4 Å². The molecule has 20 heavy (non-hydrogen) atoms. The molecule has 0 saturated heterocycles. The molecule has 0 aromatic heterocycles. The van der Waals surface area contributed by atoms with E-state index in [2.05, 4.69) is 5.32 Å². The van der Waals surface area contributed by atoms with Crippen molar-refractivity contribution in [2.24, 2.45) is 5.92 Å². The summed E-state index contributed by atoms with van der Waals surface area (Å²) >= 11 is 0. The monoisotopic (exact) mass is 298 g/mol. The van der Waals surface area contributed by atoms with Gasteiger partial charge in [0, 0.05) is 25.7 Å². The predicted molar refractivity (Wildman–Crippen MR) is 82.8 cm³/mol. The lowest BCUT2D eigenvalue weighted by atomic mass is 10.2. The first-order chi connectivity index (χ1) is 9.20. The van der Waals surface area contributed by atoms with Crippen LogP contribution in [0.5, 0.6) is 5.75 Å². The first-order valence-corrected chi connectivity index (χ1v) is 6.83. The van der Waals surface area contributed by atoms with Gasteiger partial charge in [0.05, 0.1) is 6.61 Å². The number of hydrogen-bond donors (Lipinski definition) is 1. The number of benzene rings is 1. The van der Waals surface area contributed by atoms with E-state index in [1.54, 1.807) is 4.90 Å². The molecule has 0 bridgehead atoms. The summed E-state index contributed by atoms with van der Waals surface area (Å²) in [6.07, 6.45) is 2.57. The van der Waals surface area contributed by atoms with E-state index in [0.29, 0.717) is 12.1 Å². The van der Waals surface area contributed by atoms with Crippen LogP contribution in [0.15, 0.2) is 24.3 Å². The summed E-state index contributed by atoms with van der Waals surface area (Å²) in [7, 11) is 3.70. The number of carbonyl (C=O) groups excluding carboxylic acids is 1. The summed E-state index contributed by atoms with van der Waals surface area (Å²) in [4.78, 5) is 13.8. The Morgan fingerprint density at radius 3 is 2.55 bits per heavy atom. The molecule has 0 radical (unpaired) electrons. The average Bonchev–Trinajstić information content (AvgIpc) is 3.26. The molecule has 1 aliphatic rings. The highest BCUT2D eigenvalue weighted by atomic mass is 35.5. The molecular formula is C15H23ClN2O2. The fraction of sp³-hybridized carbons (Fsp3) is 0.533. The third-order valence-electron chi connectivity index (χ3n) is 3.33. The van der Waals surface area contributed by atoms with Gasteiger partial charge in [-0.25, -0.2) is 0 Å². The lowest BCUT2D eigenvalue weighted by molar-refractivity contribution is 0.0797. The van der Waals surface area contributed by atoms with Gasteiger partial charge in [-0.05, 0) is 50.1 Å². The molecule has 0 aliphatic heterocycles. The van der Waals surface area contributed by atoms with Crippen molar-refractivity contribution in [3.8, 4) is 5.75 Å². The second-order valence-corrected chi connectivity index (χ2v) is 5.11. The van der Waals surface area contributed by atoms with Crippen molar-refractivity contribution in [2.75, 3.05) is 33.8 Å². The van der Waals surface area contributed by atoms with Crippen molar-refractivity contribution in [3.63, 3.8) is 0 Å². The van der Waals surface area contributed by atoms with E-state index in [-0.39, 0.29) is 18.3 Å². The summed E-state index contributed by atoms with van der Waals surface area (Å²) in [5.74, 6) is 1.64. The number of nitrogens with one attached hydrogen (secondary N) is 1. The van der Waals surface area contributed by atoms with Crippen LogP contribution in [0, 0.1) is 5.92 Å². The van der Waals surface area contributed by atoms with Gasteiger partial charge in [0.25, 0.3) is 5.91 Å². The molecule has 4 nitrogen and oxygen atoms in total. The van der Waals surface area contributed by atoms with Crippen molar-refractivity contribution in [2.45, 2.75) is 12.8 Å². The van der Waals surface area contributed by atoms with Gasteiger partial charge in [-0.3, -0.25) is 4.79 Å². The van der Waals surface area contributed by atoms with Gasteiger partial charge in [0.15, 0.2) is 0 Å². The lowest BCUT2D eigenvalue weighted by Gasteiger charge is -2.17. The number of carbonyl (C=O) groups is 1. The van der Waals surface area contributed by atoms with Gasteiger partial charge in [0.1, 0.15) is 5.75 Å². The van der Waals surface area contributed by atoms with Crippen LogP contribution in [0.2, 0.25) is 0 Å². The zero-order valence-corrected chi connectivity index (χ0v) is 12.9. The minimum Gasteiger partial charge on any atom is -0.493 e. The maximum Gasteiger partial charge on any atom is 0.253 e. The van der Waals surface area contributed by atoms with Crippen molar-refractivity contribution in [1.82, 2.24) is 10.2 Å². The number of ether oxygens (including phenoxy) is 1. The second-order valence-electron chi connectivity index (χ2n) is 5.11. The number of nitrogens with zero attached hydrogens (tertiary/aromatic N) is 1. The van der Waals surface area contributed by atoms with Crippen LogP contribution < -0.4 is 10.1 Å². The average molecular weight is 299 g/mol. The largest absolute Gasteiger partial charge is 0.493 e. The Kier molecular flexibility index (Phi) is 6.82. The maximum absolute atomic E-state index is 12.1. The normalized spacial score (nSPS) is 13.5. The first kappa shape index (κ1) is 16.8. The molecule has 1 aromatic carbocycles. The Hall–Kier alpha value is -1.26. The molecule has 1 saturated carbocycles. The molecule has 1 amide bonds. The third kappa shape index (κ3) is 5.02. The lowest BCUT2D eigenvalue weighted by Crippen LogP contribution is -2.32. The number of likely N-dealkylation sites (N-methyl/N-ethyl adjacent to an activating group) is 2. The highest BCUT2D eigenvalue weighted by Gasteiger charge is 2.21. The summed E-state index contributed by atoms with van der Waals surface area (Å²) in [5.41, 5.74) is 0.706. The molecule has 0 spiro atoms. The van der Waals surface area contributed by atoms with Gasteiger partial charge in [0.2, 0.25) is 0 Å². The molecule has 2 rings (SSSR count). The number of hydrogen-bond acceptors (Lipinski definition) is 3. The molecule has 5 heteroatoms. The molecule has 1 aliphatic carbocycles. The van der Waals surface area contributed by atoms with E-state index in [1.807, 2.05) is 38.4 Å². The smallest absolute Gasteiger partial charge is 0.253 e. The van der Waals surface area contributed by atoms with Crippen molar-refractivity contribution >= 4 is 18.3 Å². The summed E-state index contributed by atoms with van der Waals surface area (Å²) < 4.78 is 5.66. The molecule has 1 N–H and O–H groups in total. The zero-order chi connectivity index (χ0) is 13.7. The molecule has 112 valence electrons. The van der Waals surface area contributed by atoms with Crippen LogP contribution in [0.3, 0.4) is 0 Å². The number of amides is 1. The molecule has 1 fully saturated rings. The van der Waals surface area contributed by atoms with Gasteiger partial charge in [-0.1, -0.05) is 0 Å². The second kappa shape index (κ2) is 8.12. The van der Waals surface area contributed by atoms with Crippen LogP contribution in [0.1, 0.15) is 23.2 Å². The number of rotatable bonds is 7. The van der Waals surface area contributed by atoms with Crippen LogP contribution in [-0.2, 0) is 0 Å². The summed E-state index contributed by atoms with van der Waals surface area (Å²) in [6.45, 7) is 2.30. The highest BCUT2D eigenvalue weighted by molar-refractivity contribution is 5.94. The summed E-state index contributed by atoms with van der Waals surface area (Å²) in [6, 6.07) is 7.42. The molecule has 0 heterocycles. The van der Waals surface area contributed by atoms with E-state index in [1.165, 1.54) is 12.8 Å². The Labute approximate surface area is 126 Å². The quantitative estimate of drug-likeness (QED) is 0.839. The van der Waals surface area contributed by atoms with Crippen molar-refractivity contribution in [3.05, 3.63) is 29.8 Å². The highest BCUT2D eigenvalue weighted by Crippen LogP contribution is 2.29. The van der Waals surface area contributed by atoms with E-state index < -0.39 is 0 Å². The Morgan fingerprint density at radius 1 is 1.35 bits per heavy atom. The van der Waals surface area contributed by atoms with Crippen molar-refractivity contribution < 1.29 is 9.53 Å². The standard InChI is InChI=1S/C15H22N2O2.ClH/c1-16-9-10-17(2)15(18)13-5-7-14(8-6-13)19-11-12-3-4-12;/h5-8,12,16H,3-4,9-11H2,1-2H3;1H. The zero-order valence-electron chi connectivity index (χ0n) is 12.1. The molecule has 1 aromatic rings. The van der Waals surface area contributed by atoms with Gasteiger partial charge < -0.3 is 15.0 Å². The van der Waals surface area contributed by atoms with Crippen molar-refractivity contribution in [1.29, 1.82) is 0 Å². The fourth-order valence-corrected chi connectivity index (χ4v) is 1.79. The minimum atomic E-state index is 0. The van der Waals surface area contributed by atoms with E-state index >= 15 is 0 Å². The molecule has 0 atom stereocenters. The minimum absolute atomic E-state index is 0. The maximum atomic E-state index is 12.1. The van der Waals surface area contributed by atoms with Gasteiger partial charge in [-0.15, -0.1) is 12.4 Å². The van der Waals surface area contributed by atoms with Crippen LogP contribution in [0.25, 0.3) is 0 Å². The van der Waals surface area contributed by atoms with Crippen LogP contribution in [0.4, 0.5) is 0 Å². The molecular weight excluding hydrogens is 276 g/mol. The Morgan fingerprint density at radius 2 is 2.00 bits per heavy atom.